The third-order valence-corrected chi connectivity index (χ3v) is 5.71. The lowest BCUT2D eigenvalue weighted by atomic mass is 9.81. The Bertz CT molecular complexity index is 1050. The Morgan fingerprint density at radius 3 is 2.57 bits per heavy atom. The molecule has 1 saturated carbocycles. The van der Waals surface area contributed by atoms with E-state index in [2.05, 4.69) is 15.5 Å². The number of amides is 1. The zero-order chi connectivity index (χ0) is 21.1. The van der Waals surface area contributed by atoms with Crippen LogP contribution in [0.1, 0.15) is 48.4 Å². The number of ether oxygens (including phenoxy) is 1. The second-order valence-corrected chi connectivity index (χ2v) is 7.78. The van der Waals surface area contributed by atoms with Gasteiger partial charge in [0.2, 0.25) is 5.82 Å². The van der Waals surface area contributed by atoms with Crippen molar-refractivity contribution in [2.75, 3.05) is 7.11 Å². The Balaban J connectivity index is 1.62. The number of carbonyl (C=O) groups excluding carboxylic acids is 1. The summed E-state index contributed by atoms with van der Waals surface area (Å²) in [6.07, 6.45) is 4.27. The van der Waals surface area contributed by atoms with Gasteiger partial charge in [0.1, 0.15) is 17.1 Å². The quantitative estimate of drug-likeness (QED) is 0.608. The fourth-order valence-corrected chi connectivity index (χ4v) is 3.93. The van der Waals surface area contributed by atoms with Gasteiger partial charge in [-0.15, -0.1) is 0 Å². The molecule has 1 aromatic heterocycles. The van der Waals surface area contributed by atoms with E-state index in [0.717, 1.165) is 30.6 Å². The molecule has 0 radical (unpaired) electrons. The average Bonchev–Trinajstić information content (AvgIpc) is 3.27. The maximum absolute atomic E-state index is 13.5. The normalized spacial score (nSPS) is 15.6. The summed E-state index contributed by atoms with van der Waals surface area (Å²) in [6, 6.07) is 11.2. The topological polar surface area (TPSA) is 77.3 Å². The van der Waals surface area contributed by atoms with Crippen molar-refractivity contribution in [3.63, 3.8) is 0 Å². The monoisotopic (exact) mass is 429 g/mol. The summed E-state index contributed by atoms with van der Waals surface area (Å²) in [5.74, 6) is 0.618. The molecule has 1 fully saturated rings. The lowest BCUT2D eigenvalue weighted by Gasteiger charge is -2.34. The standard InChI is InChI=1S/C22H21ClFN3O3/c1-29-16-8-5-14(6-9-16)19-25-21(30-27-19)22(11-3-2-4-12-22)26-20(28)15-7-10-18(24)17(23)13-15/h5-10,13H,2-4,11-12H2,1H3,(H,26,28). The van der Waals surface area contributed by atoms with Crippen LogP contribution < -0.4 is 10.1 Å². The molecule has 1 aliphatic carbocycles. The number of benzene rings is 2. The molecule has 0 aliphatic heterocycles. The molecule has 8 heteroatoms. The van der Waals surface area contributed by atoms with Gasteiger partial charge in [-0.05, 0) is 55.3 Å². The summed E-state index contributed by atoms with van der Waals surface area (Å²) >= 11 is 5.84. The summed E-state index contributed by atoms with van der Waals surface area (Å²) in [5, 5.41) is 7.08. The third-order valence-electron chi connectivity index (χ3n) is 5.43. The highest BCUT2D eigenvalue weighted by atomic mass is 35.5. The molecule has 2 aromatic carbocycles. The van der Waals surface area contributed by atoms with E-state index >= 15 is 0 Å². The van der Waals surface area contributed by atoms with Gasteiger partial charge >= 0.3 is 0 Å². The van der Waals surface area contributed by atoms with E-state index in [1.165, 1.54) is 18.2 Å². The maximum Gasteiger partial charge on any atom is 0.252 e. The third kappa shape index (κ3) is 4.03. The van der Waals surface area contributed by atoms with E-state index in [1.807, 2.05) is 24.3 Å². The fourth-order valence-electron chi connectivity index (χ4n) is 3.75. The first kappa shape index (κ1) is 20.3. The van der Waals surface area contributed by atoms with Crippen LogP contribution >= 0.6 is 11.6 Å². The van der Waals surface area contributed by atoms with Crippen LogP contribution in [0.5, 0.6) is 5.75 Å². The minimum absolute atomic E-state index is 0.0973. The summed E-state index contributed by atoms with van der Waals surface area (Å²) in [4.78, 5) is 17.5. The van der Waals surface area contributed by atoms with Crippen molar-refractivity contribution < 1.29 is 18.4 Å². The number of nitrogens with zero attached hydrogens (tertiary/aromatic N) is 2. The molecule has 156 valence electrons. The number of halogens is 2. The summed E-state index contributed by atoms with van der Waals surface area (Å²) < 4.78 is 24.3. The molecule has 1 heterocycles. The SMILES string of the molecule is COc1ccc(-c2noc(C3(NC(=O)c4ccc(F)c(Cl)c4)CCCCC3)n2)cc1. The molecule has 30 heavy (non-hydrogen) atoms. The number of hydrogen-bond acceptors (Lipinski definition) is 5. The predicted molar refractivity (Wildman–Crippen MR) is 110 cm³/mol. The highest BCUT2D eigenvalue weighted by Gasteiger charge is 2.41. The Hall–Kier alpha value is -2.93. The molecular formula is C22H21ClFN3O3. The van der Waals surface area contributed by atoms with E-state index in [0.29, 0.717) is 24.6 Å². The average molecular weight is 430 g/mol. The van der Waals surface area contributed by atoms with E-state index in [1.54, 1.807) is 7.11 Å². The molecule has 0 atom stereocenters. The van der Waals surface area contributed by atoms with E-state index in [4.69, 9.17) is 20.9 Å². The van der Waals surface area contributed by atoms with E-state index < -0.39 is 11.4 Å². The highest BCUT2D eigenvalue weighted by molar-refractivity contribution is 6.31. The van der Waals surface area contributed by atoms with Gasteiger partial charge in [0.15, 0.2) is 0 Å². The van der Waals surface area contributed by atoms with Crippen molar-refractivity contribution >= 4 is 17.5 Å². The first-order valence-corrected chi connectivity index (χ1v) is 10.1. The lowest BCUT2D eigenvalue weighted by Crippen LogP contribution is -2.47. The van der Waals surface area contributed by atoms with Gasteiger partial charge in [0.25, 0.3) is 11.8 Å². The van der Waals surface area contributed by atoms with Crippen LogP contribution in [0.3, 0.4) is 0 Å². The van der Waals surface area contributed by atoms with Crippen LogP contribution in [-0.4, -0.2) is 23.2 Å². The predicted octanol–water partition coefficient (Wildman–Crippen LogP) is 5.13. The zero-order valence-corrected chi connectivity index (χ0v) is 17.2. The number of aromatic nitrogens is 2. The number of hydrogen-bond donors (Lipinski definition) is 1. The molecule has 1 aliphatic rings. The van der Waals surface area contributed by atoms with Crippen molar-refractivity contribution in [2.45, 2.75) is 37.6 Å². The van der Waals surface area contributed by atoms with Gasteiger partial charge in [-0.25, -0.2) is 4.39 Å². The van der Waals surface area contributed by atoms with Gasteiger partial charge in [-0.2, -0.15) is 4.98 Å². The fraction of sp³-hybridized carbons (Fsp3) is 0.318. The van der Waals surface area contributed by atoms with Crippen molar-refractivity contribution in [3.8, 4) is 17.1 Å². The molecule has 0 bridgehead atoms. The van der Waals surface area contributed by atoms with Crippen molar-refractivity contribution in [1.82, 2.24) is 15.5 Å². The van der Waals surface area contributed by atoms with Crippen LogP contribution in [-0.2, 0) is 5.54 Å². The summed E-state index contributed by atoms with van der Waals surface area (Å²) in [7, 11) is 1.60. The Morgan fingerprint density at radius 2 is 1.90 bits per heavy atom. The van der Waals surface area contributed by atoms with Crippen molar-refractivity contribution in [1.29, 1.82) is 0 Å². The number of carbonyl (C=O) groups is 1. The molecule has 6 nitrogen and oxygen atoms in total. The highest BCUT2D eigenvalue weighted by Crippen LogP contribution is 2.37. The first-order chi connectivity index (χ1) is 14.5. The maximum atomic E-state index is 13.5. The van der Waals surface area contributed by atoms with Crippen LogP contribution in [0.15, 0.2) is 47.0 Å². The molecule has 0 unspecified atom stereocenters. The van der Waals surface area contributed by atoms with Crippen LogP contribution in [0.25, 0.3) is 11.4 Å². The molecule has 0 saturated heterocycles. The molecule has 1 N–H and O–H groups in total. The second kappa shape index (κ2) is 8.44. The van der Waals surface area contributed by atoms with E-state index in [-0.39, 0.29) is 16.5 Å². The van der Waals surface area contributed by atoms with Gasteiger partial charge in [0.05, 0.1) is 12.1 Å². The molecule has 1 amide bonds. The van der Waals surface area contributed by atoms with Crippen LogP contribution in [0.4, 0.5) is 4.39 Å². The minimum atomic E-state index is -0.770. The second-order valence-electron chi connectivity index (χ2n) is 7.38. The van der Waals surface area contributed by atoms with Gasteiger partial charge < -0.3 is 14.6 Å². The van der Waals surface area contributed by atoms with Gasteiger partial charge in [-0.3, -0.25) is 4.79 Å². The van der Waals surface area contributed by atoms with Crippen molar-refractivity contribution in [2.24, 2.45) is 0 Å². The Morgan fingerprint density at radius 1 is 1.17 bits per heavy atom. The largest absolute Gasteiger partial charge is 0.497 e. The Kier molecular flexibility index (Phi) is 5.72. The van der Waals surface area contributed by atoms with E-state index in [9.17, 15) is 9.18 Å². The molecule has 3 aromatic rings. The lowest BCUT2D eigenvalue weighted by molar-refractivity contribution is 0.0824. The van der Waals surface area contributed by atoms with Gasteiger partial charge in [-0.1, -0.05) is 36.0 Å². The molecule has 4 rings (SSSR count). The number of rotatable bonds is 5. The smallest absolute Gasteiger partial charge is 0.252 e. The van der Waals surface area contributed by atoms with Crippen LogP contribution in [0.2, 0.25) is 5.02 Å². The van der Waals surface area contributed by atoms with Gasteiger partial charge in [0, 0.05) is 11.1 Å². The molecule has 0 spiro atoms. The summed E-state index contributed by atoms with van der Waals surface area (Å²) in [6.45, 7) is 0. The van der Waals surface area contributed by atoms with Crippen molar-refractivity contribution in [3.05, 3.63) is 64.8 Å². The molecular weight excluding hydrogens is 409 g/mol. The zero-order valence-electron chi connectivity index (χ0n) is 16.5. The first-order valence-electron chi connectivity index (χ1n) is 9.77. The minimum Gasteiger partial charge on any atom is -0.497 e. The Labute approximate surface area is 178 Å². The number of methoxy groups -OCH3 is 1. The van der Waals surface area contributed by atoms with Crippen LogP contribution in [0, 0.1) is 5.82 Å². The summed E-state index contributed by atoms with van der Waals surface area (Å²) in [5.41, 5.74) is 0.295. The number of nitrogens with one attached hydrogen (secondary N) is 1.